The molecule has 2 rings (SSSR count). The van der Waals surface area contributed by atoms with E-state index in [9.17, 15) is 8.78 Å². The predicted molar refractivity (Wildman–Crippen MR) is 72.4 cm³/mol. The molecule has 0 unspecified atom stereocenters. The van der Waals surface area contributed by atoms with E-state index in [1.54, 1.807) is 11.3 Å². The van der Waals surface area contributed by atoms with Gasteiger partial charge in [-0.2, -0.15) is 0 Å². The van der Waals surface area contributed by atoms with Gasteiger partial charge in [-0.25, -0.2) is 8.78 Å². The first-order chi connectivity index (χ1) is 8.06. The molecule has 0 aliphatic carbocycles. The van der Waals surface area contributed by atoms with Crippen LogP contribution in [0.5, 0.6) is 0 Å². The van der Waals surface area contributed by atoms with Gasteiger partial charge >= 0.3 is 0 Å². The van der Waals surface area contributed by atoms with Crippen molar-refractivity contribution in [1.82, 2.24) is 0 Å². The highest BCUT2D eigenvalue weighted by atomic mass is 79.9. The summed E-state index contributed by atoms with van der Waals surface area (Å²) in [7, 11) is 0. The van der Waals surface area contributed by atoms with Crippen LogP contribution in [0.1, 0.15) is 4.88 Å². The highest BCUT2D eigenvalue weighted by Crippen LogP contribution is 2.32. The van der Waals surface area contributed by atoms with E-state index in [0.29, 0.717) is 5.75 Å². The lowest BCUT2D eigenvalue weighted by atomic mass is 10.3. The van der Waals surface area contributed by atoms with Crippen molar-refractivity contribution in [3.05, 3.63) is 44.6 Å². The number of rotatable bonds is 3. The summed E-state index contributed by atoms with van der Waals surface area (Å²) >= 11 is 6.01. The predicted octanol–water partition coefficient (Wildman–Crippen LogP) is 4.66. The first-order valence-electron chi connectivity index (χ1n) is 4.66. The fourth-order valence-electron chi connectivity index (χ4n) is 1.29. The highest BCUT2D eigenvalue weighted by molar-refractivity contribution is 9.10. The topological polar surface area (TPSA) is 26.0 Å². The molecule has 0 bridgehead atoms. The molecule has 2 N–H and O–H groups in total. The van der Waals surface area contributed by atoms with Gasteiger partial charge in [-0.05, 0) is 34.1 Å². The van der Waals surface area contributed by atoms with Gasteiger partial charge in [0.15, 0.2) is 0 Å². The Morgan fingerprint density at radius 3 is 2.41 bits per heavy atom. The summed E-state index contributed by atoms with van der Waals surface area (Å²) in [5.41, 5.74) is 5.45. The summed E-state index contributed by atoms with van der Waals surface area (Å²) in [4.78, 5) is 1.07. The standard InChI is InChI=1S/C11H8BrF2NS2/c12-6-1-8(16-4-6)5-17-11-9(13)2-7(15)3-10(11)14/h1-4H,5,15H2. The zero-order valence-corrected chi connectivity index (χ0v) is 11.8. The average Bonchev–Trinajstić information content (AvgIpc) is 2.62. The van der Waals surface area contributed by atoms with E-state index in [1.165, 1.54) is 0 Å². The van der Waals surface area contributed by atoms with Crippen molar-refractivity contribution < 1.29 is 8.78 Å². The molecule has 6 heteroatoms. The number of benzene rings is 1. The molecule has 0 fully saturated rings. The number of anilines is 1. The van der Waals surface area contributed by atoms with Gasteiger partial charge in [0.2, 0.25) is 0 Å². The zero-order chi connectivity index (χ0) is 12.4. The van der Waals surface area contributed by atoms with Gasteiger partial charge in [0, 0.05) is 26.2 Å². The third-order valence-corrected chi connectivity index (χ3v) is 5.02. The maximum atomic E-state index is 13.5. The smallest absolute Gasteiger partial charge is 0.141 e. The molecule has 2 aromatic rings. The van der Waals surface area contributed by atoms with Crippen LogP contribution in [-0.2, 0) is 5.75 Å². The van der Waals surface area contributed by atoms with Gasteiger partial charge in [-0.15, -0.1) is 23.1 Å². The molecule has 0 aliphatic rings. The summed E-state index contributed by atoms with van der Waals surface area (Å²) in [5.74, 6) is -0.681. The minimum Gasteiger partial charge on any atom is -0.399 e. The van der Waals surface area contributed by atoms with Crippen molar-refractivity contribution in [3.63, 3.8) is 0 Å². The van der Waals surface area contributed by atoms with Crippen LogP contribution in [0.3, 0.4) is 0 Å². The Hall–Kier alpha value is -0.590. The van der Waals surface area contributed by atoms with Crippen LogP contribution in [-0.4, -0.2) is 0 Å². The van der Waals surface area contributed by atoms with E-state index < -0.39 is 11.6 Å². The van der Waals surface area contributed by atoms with Crippen LogP contribution in [0.25, 0.3) is 0 Å². The summed E-state index contributed by atoms with van der Waals surface area (Å²) in [6.45, 7) is 0. The Morgan fingerprint density at radius 2 is 1.88 bits per heavy atom. The Bertz CT molecular complexity index is 519. The number of nitrogens with two attached hydrogens (primary N) is 1. The van der Waals surface area contributed by atoms with E-state index in [-0.39, 0.29) is 10.6 Å². The molecule has 0 saturated carbocycles. The normalized spacial score (nSPS) is 10.8. The first-order valence-corrected chi connectivity index (χ1v) is 7.32. The molecule has 90 valence electrons. The summed E-state index contributed by atoms with van der Waals surface area (Å²) < 4.78 is 27.9. The lowest BCUT2D eigenvalue weighted by molar-refractivity contribution is 0.542. The molecule has 1 aromatic heterocycles. The van der Waals surface area contributed by atoms with Crippen LogP contribution < -0.4 is 5.73 Å². The van der Waals surface area contributed by atoms with E-state index in [1.807, 2.05) is 11.4 Å². The number of nitrogen functional groups attached to an aromatic ring is 1. The van der Waals surface area contributed by atoms with Gasteiger partial charge in [0.05, 0.1) is 4.90 Å². The first kappa shape index (κ1) is 12.9. The quantitative estimate of drug-likeness (QED) is 0.651. The molecule has 1 heterocycles. The summed E-state index contributed by atoms with van der Waals surface area (Å²) in [6.07, 6.45) is 0. The third-order valence-electron chi connectivity index (χ3n) is 2.00. The Balaban J connectivity index is 2.14. The highest BCUT2D eigenvalue weighted by Gasteiger charge is 2.11. The van der Waals surface area contributed by atoms with Crippen molar-refractivity contribution in [2.45, 2.75) is 10.6 Å². The second kappa shape index (κ2) is 5.37. The number of hydrogen-bond acceptors (Lipinski definition) is 3. The number of hydrogen-bond donors (Lipinski definition) is 1. The van der Waals surface area contributed by atoms with Crippen LogP contribution >= 0.6 is 39.0 Å². The van der Waals surface area contributed by atoms with Gasteiger partial charge < -0.3 is 5.73 Å². The van der Waals surface area contributed by atoms with Crippen LogP contribution in [0.2, 0.25) is 0 Å². The molecule has 0 atom stereocenters. The Morgan fingerprint density at radius 1 is 1.24 bits per heavy atom. The number of thiophene rings is 1. The van der Waals surface area contributed by atoms with Gasteiger partial charge in [-0.1, -0.05) is 0 Å². The maximum absolute atomic E-state index is 13.5. The molecule has 0 saturated heterocycles. The monoisotopic (exact) mass is 335 g/mol. The molecule has 0 spiro atoms. The second-order valence-electron chi connectivity index (χ2n) is 3.33. The van der Waals surface area contributed by atoms with Crippen LogP contribution in [0.15, 0.2) is 32.9 Å². The minimum atomic E-state index is -0.608. The van der Waals surface area contributed by atoms with Crippen LogP contribution in [0.4, 0.5) is 14.5 Å². The van der Waals surface area contributed by atoms with E-state index in [0.717, 1.165) is 33.2 Å². The lowest BCUT2D eigenvalue weighted by Crippen LogP contribution is -1.93. The third kappa shape index (κ3) is 3.20. The molecule has 1 aromatic carbocycles. The molecular formula is C11H8BrF2NS2. The van der Waals surface area contributed by atoms with E-state index >= 15 is 0 Å². The fraction of sp³-hybridized carbons (Fsp3) is 0.0909. The Labute approximate surface area is 114 Å². The molecule has 0 radical (unpaired) electrons. The van der Waals surface area contributed by atoms with E-state index in [4.69, 9.17) is 5.73 Å². The fourth-order valence-corrected chi connectivity index (χ4v) is 3.74. The molecular weight excluding hydrogens is 328 g/mol. The Kier molecular flexibility index (Phi) is 4.06. The van der Waals surface area contributed by atoms with Crippen molar-refractivity contribution >= 4 is 44.7 Å². The summed E-state index contributed by atoms with van der Waals surface area (Å²) in [5, 5.41) is 1.94. The van der Waals surface area contributed by atoms with Gasteiger partial charge in [0.25, 0.3) is 0 Å². The SMILES string of the molecule is Nc1cc(F)c(SCc2cc(Br)cs2)c(F)c1. The van der Waals surface area contributed by atoms with Crippen molar-refractivity contribution in [1.29, 1.82) is 0 Å². The van der Waals surface area contributed by atoms with Crippen molar-refractivity contribution in [3.8, 4) is 0 Å². The minimum absolute atomic E-state index is 0.0173. The molecule has 1 nitrogen and oxygen atoms in total. The molecule has 17 heavy (non-hydrogen) atoms. The number of thioether (sulfide) groups is 1. The maximum Gasteiger partial charge on any atom is 0.141 e. The second-order valence-corrected chi connectivity index (χ2v) is 6.23. The van der Waals surface area contributed by atoms with E-state index in [2.05, 4.69) is 15.9 Å². The van der Waals surface area contributed by atoms with Gasteiger partial charge in [0.1, 0.15) is 11.6 Å². The summed E-state index contributed by atoms with van der Waals surface area (Å²) in [6, 6.07) is 4.20. The zero-order valence-electron chi connectivity index (χ0n) is 8.54. The molecule has 0 amide bonds. The largest absolute Gasteiger partial charge is 0.399 e. The van der Waals surface area contributed by atoms with Crippen molar-refractivity contribution in [2.24, 2.45) is 0 Å². The molecule has 0 aliphatic heterocycles. The van der Waals surface area contributed by atoms with Gasteiger partial charge in [-0.3, -0.25) is 0 Å². The number of halogens is 3. The van der Waals surface area contributed by atoms with Crippen LogP contribution in [0, 0.1) is 11.6 Å². The van der Waals surface area contributed by atoms with Crippen molar-refractivity contribution in [2.75, 3.05) is 5.73 Å². The lowest BCUT2D eigenvalue weighted by Gasteiger charge is -2.04. The average molecular weight is 336 g/mol.